The number of amides is 1. The van der Waals surface area contributed by atoms with Gasteiger partial charge in [0.05, 0.1) is 7.11 Å². The van der Waals surface area contributed by atoms with Crippen LogP contribution in [0.5, 0.6) is 5.75 Å². The van der Waals surface area contributed by atoms with E-state index in [1.54, 1.807) is 7.11 Å². The molecule has 1 fully saturated rings. The summed E-state index contributed by atoms with van der Waals surface area (Å²) in [6.45, 7) is 8.61. The minimum absolute atomic E-state index is 0.143. The Balaban J connectivity index is 1.53. The van der Waals surface area contributed by atoms with Crippen molar-refractivity contribution in [2.45, 2.75) is 26.3 Å². The lowest BCUT2D eigenvalue weighted by molar-refractivity contribution is 0.0628. The Bertz CT molecular complexity index is 715. The van der Waals surface area contributed by atoms with Crippen molar-refractivity contribution in [1.82, 2.24) is 9.80 Å². The predicted molar refractivity (Wildman–Crippen MR) is 105 cm³/mol. The second-order valence-electron chi connectivity index (χ2n) is 7.19. The van der Waals surface area contributed by atoms with Crippen LogP contribution in [0.25, 0.3) is 0 Å². The van der Waals surface area contributed by atoms with Crippen molar-refractivity contribution in [1.29, 1.82) is 0 Å². The molecule has 1 aliphatic heterocycles. The Morgan fingerprint density at radius 3 is 2.12 bits per heavy atom. The summed E-state index contributed by atoms with van der Waals surface area (Å²) in [7, 11) is 1.68. The van der Waals surface area contributed by atoms with Gasteiger partial charge in [-0.1, -0.05) is 38.1 Å². The molecule has 1 saturated heterocycles. The molecule has 0 aromatic heterocycles. The number of methoxy groups -OCH3 is 1. The van der Waals surface area contributed by atoms with Crippen LogP contribution in [0.2, 0.25) is 0 Å². The van der Waals surface area contributed by atoms with Gasteiger partial charge in [0, 0.05) is 38.3 Å². The molecule has 0 aliphatic carbocycles. The molecule has 0 spiro atoms. The monoisotopic (exact) mass is 352 g/mol. The highest BCUT2D eigenvalue weighted by atomic mass is 16.5. The maximum atomic E-state index is 12.7. The van der Waals surface area contributed by atoms with Crippen LogP contribution in [0.3, 0.4) is 0 Å². The lowest BCUT2D eigenvalue weighted by Gasteiger charge is -2.34. The van der Waals surface area contributed by atoms with Gasteiger partial charge in [-0.3, -0.25) is 9.69 Å². The molecule has 1 amide bonds. The summed E-state index contributed by atoms with van der Waals surface area (Å²) in [4.78, 5) is 17.1. The summed E-state index contributed by atoms with van der Waals surface area (Å²) in [6, 6.07) is 16.3. The van der Waals surface area contributed by atoms with E-state index in [1.165, 1.54) is 11.1 Å². The Morgan fingerprint density at radius 2 is 1.58 bits per heavy atom. The fourth-order valence-electron chi connectivity index (χ4n) is 3.29. The molecule has 4 heteroatoms. The maximum Gasteiger partial charge on any atom is 0.253 e. The van der Waals surface area contributed by atoms with Crippen LogP contribution in [0, 0.1) is 0 Å². The van der Waals surface area contributed by atoms with Crippen LogP contribution >= 0.6 is 0 Å². The number of carbonyl (C=O) groups excluding carboxylic acids is 1. The first-order chi connectivity index (χ1) is 12.6. The Labute approximate surface area is 156 Å². The molecule has 2 aromatic rings. The SMILES string of the molecule is COc1ccc(CN2CCN(C(=O)c3ccc(C(C)C)cc3)CC2)cc1. The van der Waals surface area contributed by atoms with E-state index in [1.807, 2.05) is 29.2 Å². The van der Waals surface area contributed by atoms with Gasteiger partial charge in [0.25, 0.3) is 5.91 Å². The fraction of sp³-hybridized carbons (Fsp3) is 0.409. The number of hydrogen-bond acceptors (Lipinski definition) is 3. The zero-order valence-corrected chi connectivity index (χ0v) is 15.9. The Kier molecular flexibility index (Phi) is 5.94. The van der Waals surface area contributed by atoms with Crippen LogP contribution in [-0.2, 0) is 6.54 Å². The minimum atomic E-state index is 0.143. The lowest BCUT2D eigenvalue weighted by Crippen LogP contribution is -2.48. The van der Waals surface area contributed by atoms with Crippen LogP contribution in [-0.4, -0.2) is 49.0 Å². The largest absolute Gasteiger partial charge is 0.497 e. The summed E-state index contributed by atoms with van der Waals surface area (Å²) in [6.07, 6.45) is 0. The van der Waals surface area contributed by atoms with Gasteiger partial charge in [0.1, 0.15) is 5.75 Å². The van der Waals surface area contributed by atoms with E-state index in [0.29, 0.717) is 5.92 Å². The molecular formula is C22H28N2O2. The highest BCUT2D eigenvalue weighted by Gasteiger charge is 2.22. The molecule has 0 bridgehead atoms. The van der Waals surface area contributed by atoms with Crippen molar-refractivity contribution < 1.29 is 9.53 Å². The second kappa shape index (κ2) is 8.37. The molecule has 0 unspecified atom stereocenters. The fourth-order valence-corrected chi connectivity index (χ4v) is 3.29. The molecule has 138 valence electrons. The number of nitrogens with zero attached hydrogens (tertiary/aromatic N) is 2. The minimum Gasteiger partial charge on any atom is -0.497 e. The van der Waals surface area contributed by atoms with Gasteiger partial charge in [-0.2, -0.15) is 0 Å². The molecular weight excluding hydrogens is 324 g/mol. The van der Waals surface area contributed by atoms with Crippen molar-refractivity contribution in [3.05, 3.63) is 65.2 Å². The molecule has 3 rings (SSSR count). The molecule has 0 N–H and O–H groups in total. The number of carbonyl (C=O) groups is 1. The molecule has 0 atom stereocenters. The van der Waals surface area contributed by atoms with Crippen molar-refractivity contribution in [2.24, 2.45) is 0 Å². The third kappa shape index (κ3) is 4.44. The topological polar surface area (TPSA) is 32.8 Å². The van der Waals surface area contributed by atoms with Crippen molar-refractivity contribution in [3.8, 4) is 5.75 Å². The number of piperazine rings is 1. The molecule has 0 radical (unpaired) electrons. The third-order valence-corrected chi connectivity index (χ3v) is 5.05. The predicted octanol–water partition coefficient (Wildman–Crippen LogP) is 3.78. The van der Waals surface area contributed by atoms with E-state index in [0.717, 1.165) is 44.0 Å². The van der Waals surface area contributed by atoms with Crippen molar-refractivity contribution in [2.75, 3.05) is 33.3 Å². The van der Waals surface area contributed by atoms with Gasteiger partial charge < -0.3 is 9.64 Å². The summed E-state index contributed by atoms with van der Waals surface area (Å²) >= 11 is 0. The molecule has 26 heavy (non-hydrogen) atoms. The van der Waals surface area contributed by atoms with E-state index < -0.39 is 0 Å². The highest BCUT2D eigenvalue weighted by molar-refractivity contribution is 5.94. The zero-order chi connectivity index (χ0) is 18.5. The highest BCUT2D eigenvalue weighted by Crippen LogP contribution is 2.17. The van der Waals surface area contributed by atoms with Crippen molar-refractivity contribution >= 4 is 5.91 Å². The first-order valence-corrected chi connectivity index (χ1v) is 9.31. The third-order valence-electron chi connectivity index (χ3n) is 5.05. The van der Waals surface area contributed by atoms with E-state index >= 15 is 0 Å². The molecule has 4 nitrogen and oxygen atoms in total. The van der Waals surface area contributed by atoms with Gasteiger partial charge in [-0.25, -0.2) is 0 Å². The summed E-state index contributed by atoms with van der Waals surface area (Å²) in [5.41, 5.74) is 3.33. The van der Waals surface area contributed by atoms with Crippen LogP contribution in [0.4, 0.5) is 0 Å². The van der Waals surface area contributed by atoms with E-state index in [9.17, 15) is 4.79 Å². The second-order valence-corrected chi connectivity index (χ2v) is 7.19. The standard InChI is InChI=1S/C22H28N2O2/c1-17(2)19-6-8-20(9-7-19)22(25)24-14-12-23(13-15-24)16-18-4-10-21(26-3)11-5-18/h4-11,17H,12-16H2,1-3H3. The van der Waals surface area contributed by atoms with Crippen LogP contribution < -0.4 is 4.74 Å². The normalized spacial score (nSPS) is 15.3. The number of hydrogen-bond donors (Lipinski definition) is 0. The van der Waals surface area contributed by atoms with Gasteiger partial charge in [0.15, 0.2) is 0 Å². The first kappa shape index (κ1) is 18.5. The Hall–Kier alpha value is -2.33. The van der Waals surface area contributed by atoms with E-state index in [-0.39, 0.29) is 5.91 Å². The van der Waals surface area contributed by atoms with Gasteiger partial charge in [-0.05, 0) is 41.3 Å². The van der Waals surface area contributed by atoms with Gasteiger partial charge >= 0.3 is 0 Å². The van der Waals surface area contributed by atoms with Crippen LogP contribution in [0.15, 0.2) is 48.5 Å². The molecule has 0 saturated carbocycles. The van der Waals surface area contributed by atoms with Crippen molar-refractivity contribution in [3.63, 3.8) is 0 Å². The van der Waals surface area contributed by atoms with Gasteiger partial charge in [-0.15, -0.1) is 0 Å². The number of ether oxygens (including phenoxy) is 1. The van der Waals surface area contributed by atoms with E-state index in [4.69, 9.17) is 4.74 Å². The summed E-state index contributed by atoms with van der Waals surface area (Å²) in [5, 5.41) is 0. The van der Waals surface area contributed by atoms with Gasteiger partial charge in [0.2, 0.25) is 0 Å². The van der Waals surface area contributed by atoms with E-state index in [2.05, 4.69) is 43.0 Å². The molecule has 1 aliphatic rings. The van der Waals surface area contributed by atoms with Crippen LogP contribution in [0.1, 0.15) is 41.3 Å². The molecule has 2 aromatic carbocycles. The summed E-state index contributed by atoms with van der Waals surface area (Å²) < 4.78 is 5.20. The zero-order valence-electron chi connectivity index (χ0n) is 15.9. The quantitative estimate of drug-likeness (QED) is 0.821. The smallest absolute Gasteiger partial charge is 0.253 e. The summed E-state index contributed by atoms with van der Waals surface area (Å²) in [5.74, 6) is 1.51. The maximum absolute atomic E-state index is 12.7. The number of rotatable bonds is 5. The molecule has 1 heterocycles. The lowest BCUT2D eigenvalue weighted by atomic mass is 10.0. The Morgan fingerprint density at radius 1 is 0.962 bits per heavy atom. The average Bonchev–Trinajstić information content (AvgIpc) is 2.69. The first-order valence-electron chi connectivity index (χ1n) is 9.31. The average molecular weight is 352 g/mol. The number of benzene rings is 2.